The molecule has 0 bridgehead atoms. The Balaban J connectivity index is 1.53. The number of rotatable bonds is 7. The third kappa shape index (κ3) is 5.46. The Kier molecular flexibility index (Phi) is 6.15. The molecule has 8 nitrogen and oxygen atoms in total. The van der Waals surface area contributed by atoms with Crippen LogP contribution in [0.2, 0.25) is 0 Å². The molecule has 0 saturated heterocycles. The van der Waals surface area contributed by atoms with Crippen LogP contribution in [0.15, 0.2) is 47.4 Å². The van der Waals surface area contributed by atoms with Gasteiger partial charge in [-0.3, -0.25) is 30.6 Å². The van der Waals surface area contributed by atoms with Crippen LogP contribution < -0.4 is 16.2 Å². The number of amides is 2. The lowest BCUT2D eigenvalue weighted by Crippen LogP contribution is -2.42. The summed E-state index contributed by atoms with van der Waals surface area (Å²) in [6.07, 6.45) is 1.96. The Morgan fingerprint density at radius 2 is 1.86 bits per heavy atom. The van der Waals surface area contributed by atoms with Crippen LogP contribution in [0.1, 0.15) is 28.8 Å². The molecule has 9 heteroatoms. The highest BCUT2D eigenvalue weighted by molar-refractivity contribution is 8.00. The second-order valence-corrected chi connectivity index (χ2v) is 7.56. The first-order valence-corrected chi connectivity index (χ1v) is 9.74. The van der Waals surface area contributed by atoms with Crippen LogP contribution in [0.25, 0.3) is 0 Å². The molecule has 2 aromatic rings. The van der Waals surface area contributed by atoms with Gasteiger partial charge in [0.2, 0.25) is 5.91 Å². The standard InChI is InChI=1S/C19H20N4O4S/c1-12-2-7-15(8-3-12)28-11-18(24)21-22-19(25)13-4-9-16(20-14-5-6-14)17(10-13)23(26)27/h2-4,7-10,14,20H,5-6,11H2,1H3,(H,21,24)(H,22,25). The molecule has 2 aromatic carbocycles. The van der Waals surface area contributed by atoms with Crippen molar-refractivity contribution in [3.63, 3.8) is 0 Å². The Bertz CT molecular complexity index is 897. The molecule has 0 spiro atoms. The van der Waals surface area contributed by atoms with Crippen LogP contribution in [0.5, 0.6) is 0 Å². The van der Waals surface area contributed by atoms with E-state index in [0.717, 1.165) is 23.3 Å². The van der Waals surface area contributed by atoms with Gasteiger partial charge in [-0.1, -0.05) is 17.7 Å². The molecule has 0 atom stereocenters. The maximum atomic E-state index is 12.2. The number of hydrogen-bond acceptors (Lipinski definition) is 6. The van der Waals surface area contributed by atoms with Gasteiger partial charge in [0, 0.05) is 22.6 Å². The molecule has 28 heavy (non-hydrogen) atoms. The van der Waals surface area contributed by atoms with Crippen molar-refractivity contribution in [3.8, 4) is 0 Å². The molecule has 0 heterocycles. The van der Waals surface area contributed by atoms with Gasteiger partial charge >= 0.3 is 0 Å². The second-order valence-electron chi connectivity index (χ2n) is 6.51. The molecule has 3 rings (SSSR count). The van der Waals surface area contributed by atoms with Gasteiger partial charge in [-0.25, -0.2) is 0 Å². The highest BCUT2D eigenvalue weighted by atomic mass is 32.2. The minimum Gasteiger partial charge on any atom is -0.377 e. The largest absolute Gasteiger partial charge is 0.377 e. The number of nitro groups is 1. The van der Waals surface area contributed by atoms with E-state index in [1.54, 1.807) is 0 Å². The number of aryl methyl sites for hydroxylation is 1. The van der Waals surface area contributed by atoms with E-state index in [4.69, 9.17) is 0 Å². The van der Waals surface area contributed by atoms with E-state index in [2.05, 4.69) is 16.2 Å². The third-order valence-corrected chi connectivity index (χ3v) is 5.11. The Labute approximate surface area is 166 Å². The number of nitrogens with zero attached hydrogens (tertiary/aromatic N) is 1. The third-order valence-electron chi connectivity index (χ3n) is 4.10. The summed E-state index contributed by atoms with van der Waals surface area (Å²) < 4.78 is 0. The molecule has 1 fully saturated rings. The van der Waals surface area contributed by atoms with Crippen molar-refractivity contribution < 1.29 is 14.5 Å². The Morgan fingerprint density at radius 1 is 1.14 bits per heavy atom. The van der Waals surface area contributed by atoms with Gasteiger partial charge in [0.1, 0.15) is 5.69 Å². The first kappa shape index (κ1) is 19.7. The number of hydrogen-bond donors (Lipinski definition) is 3. The van der Waals surface area contributed by atoms with Crippen molar-refractivity contribution in [1.82, 2.24) is 10.9 Å². The van der Waals surface area contributed by atoms with Crippen molar-refractivity contribution in [1.29, 1.82) is 0 Å². The lowest BCUT2D eigenvalue weighted by atomic mass is 10.1. The number of benzene rings is 2. The first-order valence-electron chi connectivity index (χ1n) is 8.76. The zero-order valence-electron chi connectivity index (χ0n) is 15.2. The first-order chi connectivity index (χ1) is 13.4. The topological polar surface area (TPSA) is 113 Å². The summed E-state index contributed by atoms with van der Waals surface area (Å²) in [6, 6.07) is 12.2. The zero-order chi connectivity index (χ0) is 20.1. The molecule has 0 unspecified atom stereocenters. The fourth-order valence-corrected chi connectivity index (χ4v) is 3.11. The smallest absolute Gasteiger partial charge is 0.293 e. The number of thioether (sulfide) groups is 1. The monoisotopic (exact) mass is 400 g/mol. The molecule has 1 aliphatic carbocycles. The minimum atomic E-state index is -0.616. The molecule has 0 aliphatic heterocycles. The van der Waals surface area contributed by atoms with E-state index < -0.39 is 10.8 Å². The SMILES string of the molecule is Cc1ccc(SCC(=O)NNC(=O)c2ccc(NC3CC3)c([N+](=O)[O-])c2)cc1. The van der Waals surface area contributed by atoms with Crippen LogP contribution in [0.4, 0.5) is 11.4 Å². The summed E-state index contributed by atoms with van der Waals surface area (Å²) in [5.41, 5.74) is 6.07. The van der Waals surface area contributed by atoms with E-state index in [1.165, 1.54) is 30.0 Å². The zero-order valence-corrected chi connectivity index (χ0v) is 16.0. The molecule has 146 valence electrons. The van der Waals surface area contributed by atoms with Gasteiger partial charge in [0.05, 0.1) is 10.7 Å². The van der Waals surface area contributed by atoms with Crippen molar-refractivity contribution in [2.45, 2.75) is 30.7 Å². The van der Waals surface area contributed by atoms with E-state index >= 15 is 0 Å². The molecule has 1 saturated carbocycles. The maximum absolute atomic E-state index is 12.2. The number of anilines is 1. The van der Waals surface area contributed by atoms with Gasteiger partial charge in [0.25, 0.3) is 11.6 Å². The Hall–Kier alpha value is -3.07. The van der Waals surface area contributed by atoms with Gasteiger partial charge in [-0.2, -0.15) is 0 Å². The normalized spacial score (nSPS) is 12.9. The molecule has 0 aromatic heterocycles. The van der Waals surface area contributed by atoms with Gasteiger partial charge in [-0.05, 0) is 44.0 Å². The average molecular weight is 400 g/mol. The summed E-state index contributed by atoms with van der Waals surface area (Å²) in [7, 11) is 0. The van der Waals surface area contributed by atoms with Crippen molar-refractivity contribution in [3.05, 3.63) is 63.7 Å². The highest BCUT2D eigenvalue weighted by Crippen LogP contribution is 2.31. The van der Waals surface area contributed by atoms with Crippen LogP contribution in [0.3, 0.4) is 0 Å². The van der Waals surface area contributed by atoms with Crippen molar-refractivity contribution >= 4 is 35.0 Å². The molecular weight excluding hydrogens is 380 g/mol. The van der Waals surface area contributed by atoms with Crippen LogP contribution in [0, 0.1) is 17.0 Å². The Morgan fingerprint density at radius 3 is 2.50 bits per heavy atom. The fraction of sp³-hybridized carbons (Fsp3) is 0.263. The van der Waals surface area contributed by atoms with Crippen LogP contribution >= 0.6 is 11.8 Å². The van der Waals surface area contributed by atoms with E-state index in [1.807, 2.05) is 31.2 Å². The molecule has 1 aliphatic rings. The predicted molar refractivity (Wildman–Crippen MR) is 107 cm³/mol. The molecule has 3 N–H and O–H groups in total. The fourth-order valence-electron chi connectivity index (χ4n) is 2.41. The van der Waals surface area contributed by atoms with E-state index in [9.17, 15) is 19.7 Å². The summed E-state index contributed by atoms with van der Waals surface area (Å²) in [5, 5.41) is 14.3. The van der Waals surface area contributed by atoms with Gasteiger partial charge in [-0.15, -0.1) is 11.8 Å². The van der Waals surface area contributed by atoms with Crippen molar-refractivity contribution in [2.75, 3.05) is 11.1 Å². The van der Waals surface area contributed by atoms with Gasteiger partial charge in [0.15, 0.2) is 0 Å². The number of nitrogens with one attached hydrogen (secondary N) is 3. The van der Waals surface area contributed by atoms with Crippen LogP contribution in [-0.4, -0.2) is 28.5 Å². The highest BCUT2D eigenvalue weighted by Gasteiger charge is 2.25. The van der Waals surface area contributed by atoms with E-state index in [0.29, 0.717) is 5.69 Å². The summed E-state index contributed by atoms with van der Waals surface area (Å²) in [4.78, 5) is 35.8. The lowest BCUT2D eigenvalue weighted by Gasteiger charge is -2.09. The molecular formula is C19H20N4O4S. The summed E-state index contributed by atoms with van der Waals surface area (Å²) in [5.74, 6) is -0.858. The molecule has 2 amide bonds. The van der Waals surface area contributed by atoms with E-state index in [-0.39, 0.29) is 29.0 Å². The van der Waals surface area contributed by atoms with Gasteiger partial charge < -0.3 is 5.32 Å². The summed E-state index contributed by atoms with van der Waals surface area (Å²) in [6.45, 7) is 1.98. The average Bonchev–Trinajstić information content (AvgIpc) is 3.49. The number of carbonyl (C=O) groups is 2. The maximum Gasteiger partial charge on any atom is 0.293 e. The second kappa shape index (κ2) is 8.75. The lowest BCUT2D eigenvalue weighted by molar-refractivity contribution is -0.384. The quantitative estimate of drug-likeness (QED) is 0.374. The number of carbonyl (C=O) groups excluding carboxylic acids is 2. The van der Waals surface area contributed by atoms with Crippen molar-refractivity contribution in [2.24, 2.45) is 0 Å². The number of hydrazine groups is 1. The predicted octanol–water partition coefficient (Wildman–Crippen LogP) is 3.03. The minimum absolute atomic E-state index is 0.0968. The number of nitro benzene ring substituents is 1. The van der Waals surface area contributed by atoms with Crippen LogP contribution in [-0.2, 0) is 4.79 Å². The molecule has 0 radical (unpaired) electrons. The summed E-state index contributed by atoms with van der Waals surface area (Å²) >= 11 is 1.34.